The van der Waals surface area contributed by atoms with E-state index in [1.54, 1.807) is 0 Å². The molecule has 0 aromatic heterocycles. The quantitative estimate of drug-likeness (QED) is 0.194. The predicted octanol–water partition coefficient (Wildman–Crippen LogP) is 9.35. The smallest absolute Gasteiger partial charge is 0.343 e. The Bertz CT molecular complexity index is 974. The van der Waals surface area contributed by atoms with Gasteiger partial charge in [-0.1, -0.05) is 97.5 Å². The fourth-order valence-corrected chi connectivity index (χ4v) is 4.00. The molecule has 0 unspecified atom stereocenters. The summed E-state index contributed by atoms with van der Waals surface area (Å²) in [6.07, 6.45) is 6.65. The molecule has 0 bridgehead atoms. The first-order valence-electron chi connectivity index (χ1n) is 12.5. The van der Waals surface area contributed by atoms with E-state index in [-0.39, 0.29) is 26.2 Å². The average molecular weight is 536 g/mol. The van der Waals surface area contributed by atoms with Crippen molar-refractivity contribution in [3.05, 3.63) is 133 Å². The van der Waals surface area contributed by atoms with Crippen molar-refractivity contribution < 1.29 is 26.2 Å². The first kappa shape index (κ1) is 29.0. The molecule has 0 nitrogen and oxygen atoms in total. The van der Waals surface area contributed by atoms with Crippen LogP contribution in [0.3, 0.4) is 0 Å². The van der Waals surface area contributed by atoms with Gasteiger partial charge in [-0.3, -0.25) is 0 Å². The van der Waals surface area contributed by atoms with E-state index in [2.05, 4.69) is 113 Å². The second-order valence-corrected chi connectivity index (χ2v) is 8.50. The van der Waals surface area contributed by atoms with Crippen LogP contribution in [0.25, 0.3) is 22.3 Å². The van der Waals surface area contributed by atoms with Crippen molar-refractivity contribution in [1.82, 2.24) is 0 Å². The molecule has 0 saturated carbocycles. The first-order chi connectivity index (χ1) is 16.7. The molecule has 4 aromatic rings. The summed E-state index contributed by atoms with van der Waals surface area (Å²) in [5.74, 6) is 0. The minimum absolute atomic E-state index is 0. The van der Waals surface area contributed by atoms with Crippen LogP contribution in [-0.2, 0) is 39.0 Å². The van der Waals surface area contributed by atoms with Crippen LogP contribution < -0.4 is 0 Å². The number of fused-ring (bicyclic) bond motifs is 6. The fourth-order valence-electron chi connectivity index (χ4n) is 4.00. The molecule has 35 heavy (non-hydrogen) atoms. The van der Waals surface area contributed by atoms with Crippen LogP contribution >= 0.6 is 0 Å². The van der Waals surface area contributed by atoms with Gasteiger partial charge in [0.15, 0.2) is 0 Å². The normalized spacial score (nSPS) is 10.9. The molecule has 0 heterocycles. The van der Waals surface area contributed by atoms with E-state index in [0.717, 1.165) is 25.7 Å². The maximum Gasteiger partial charge on any atom is 4.00 e. The molecule has 0 spiro atoms. The summed E-state index contributed by atoms with van der Waals surface area (Å²) in [6.45, 7) is 11.4. The molecule has 0 saturated heterocycles. The third kappa shape index (κ3) is 7.88. The third-order valence-corrected chi connectivity index (χ3v) is 5.94. The van der Waals surface area contributed by atoms with Gasteiger partial charge in [-0.05, 0) is 12.8 Å². The van der Waals surface area contributed by atoms with E-state index < -0.39 is 0 Å². The van der Waals surface area contributed by atoms with Gasteiger partial charge in [0.05, 0.1) is 0 Å². The number of benzene rings is 4. The summed E-state index contributed by atoms with van der Waals surface area (Å²) in [5, 5.41) is 0. The largest absolute Gasteiger partial charge is 4.00 e. The zero-order valence-corrected chi connectivity index (χ0v) is 23.7. The summed E-state index contributed by atoms with van der Waals surface area (Å²) in [7, 11) is 0. The van der Waals surface area contributed by atoms with Crippen molar-refractivity contribution in [2.75, 3.05) is 0 Å². The van der Waals surface area contributed by atoms with Gasteiger partial charge in [-0.2, -0.15) is 72.5 Å². The van der Waals surface area contributed by atoms with Crippen molar-refractivity contribution in [2.24, 2.45) is 0 Å². The second kappa shape index (κ2) is 15.7. The minimum atomic E-state index is 0. The van der Waals surface area contributed by atoms with E-state index in [1.165, 1.54) is 57.3 Å². The summed E-state index contributed by atoms with van der Waals surface area (Å²) < 4.78 is 0. The van der Waals surface area contributed by atoms with Crippen molar-refractivity contribution in [1.29, 1.82) is 0 Å². The van der Waals surface area contributed by atoms with Gasteiger partial charge in [-0.25, -0.2) is 0 Å². The molecule has 0 amide bonds. The molecule has 0 fully saturated rings. The monoisotopic (exact) mass is 534 g/mol. The van der Waals surface area contributed by atoms with Crippen LogP contribution in [0.4, 0.5) is 0 Å². The van der Waals surface area contributed by atoms with Crippen LogP contribution in [0.2, 0.25) is 0 Å². The molecule has 2 aliphatic rings. The summed E-state index contributed by atoms with van der Waals surface area (Å²) in [4.78, 5) is 0. The Hall–Kier alpha value is -2.24. The third-order valence-electron chi connectivity index (χ3n) is 5.94. The van der Waals surface area contributed by atoms with Gasteiger partial charge < -0.3 is 13.8 Å². The molecule has 0 aliphatic heterocycles. The standard InChI is InChI=1S/2C13H9.2C4H9.Zr/c2*1-3-7-12-10(5-1)9-11-6-2-4-8-13(11)12;2*1-3-4-2;/h2*1-5,7-8H,9H2;2*1,3-4H2,2H3;/q4*-1;+4. The molecule has 1 heteroatoms. The summed E-state index contributed by atoms with van der Waals surface area (Å²) >= 11 is 0. The van der Waals surface area contributed by atoms with Crippen LogP contribution in [0.5, 0.6) is 0 Å². The van der Waals surface area contributed by atoms with Crippen molar-refractivity contribution >= 4 is 0 Å². The summed E-state index contributed by atoms with van der Waals surface area (Å²) in [5.41, 5.74) is 11.0. The van der Waals surface area contributed by atoms with E-state index in [1.807, 2.05) is 12.1 Å². The van der Waals surface area contributed by atoms with Crippen molar-refractivity contribution in [3.8, 4) is 22.3 Å². The van der Waals surface area contributed by atoms with Crippen LogP contribution in [0.15, 0.2) is 84.9 Å². The predicted molar refractivity (Wildman–Crippen MR) is 148 cm³/mol. The Kier molecular flexibility index (Phi) is 13.0. The molecule has 0 N–H and O–H groups in total. The Morgan fingerprint density at radius 3 is 1.29 bits per heavy atom. The molecule has 0 atom stereocenters. The Morgan fingerprint density at radius 1 is 0.571 bits per heavy atom. The van der Waals surface area contributed by atoms with Crippen LogP contribution in [-0.4, -0.2) is 0 Å². The summed E-state index contributed by atoms with van der Waals surface area (Å²) in [6, 6.07) is 36.2. The number of hydrogen-bond acceptors (Lipinski definition) is 0. The molecule has 4 aromatic carbocycles. The molecule has 0 radical (unpaired) electrons. The topological polar surface area (TPSA) is 0 Å². The average Bonchev–Trinajstić information content (AvgIpc) is 3.48. The molecular weight excluding hydrogens is 500 g/mol. The van der Waals surface area contributed by atoms with Crippen molar-refractivity contribution in [3.63, 3.8) is 0 Å². The number of unbranched alkanes of at least 4 members (excludes halogenated alkanes) is 2. The van der Waals surface area contributed by atoms with Crippen LogP contribution in [0, 0.1) is 26.0 Å². The van der Waals surface area contributed by atoms with Gasteiger partial charge in [0.1, 0.15) is 0 Å². The van der Waals surface area contributed by atoms with E-state index in [9.17, 15) is 0 Å². The zero-order chi connectivity index (χ0) is 24.2. The molecular formula is C34H36Zr. The van der Waals surface area contributed by atoms with Gasteiger partial charge in [0.25, 0.3) is 0 Å². The number of rotatable bonds is 2. The van der Waals surface area contributed by atoms with E-state index in [0.29, 0.717) is 0 Å². The maximum absolute atomic E-state index is 3.60. The Labute approximate surface area is 233 Å². The number of hydrogen-bond donors (Lipinski definition) is 0. The Balaban J connectivity index is 0.000000187. The fraction of sp³-hybridized carbons (Fsp3) is 0.235. The van der Waals surface area contributed by atoms with Gasteiger partial charge in [0.2, 0.25) is 0 Å². The molecule has 2 aliphatic carbocycles. The first-order valence-corrected chi connectivity index (χ1v) is 12.5. The SMILES string of the molecule is [CH2-]CCC.[CH2-]CCC.[Zr+4].[c-]1cccc2c1Cc1ccccc1-2.[c-]1cccc2c1Cc1ccccc1-2. The van der Waals surface area contributed by atoms with Crippen LogP contribution in [0.1, 0.15) is 61.8 Å². The van der Waals surface area contributed by atoms with E-state index >= 15 is 0 Å². The zero-order valence-electron chi connectivity index (χ0n) is 21.2. The minimum Gasteiger partial charge on any atom is -0.343 e. The molecule has 6 rings (SSSR count). The van der Waals surface area contributed by atoms with Gasteiger partial charge >= 0.3 is 26.2 Å². The van der Waals surface area contributed by atoms with E-state index in [4.69, 9.17) is 0 Å². The maximum atomic E-state index is 3.60. The second-order valence-electron chi connectivity index (χ2n) is 8.50. The molecule has 176 valence electrons. The Morgan fingerprint density at radius 2 is 0.914 bits per heavy atom. The van der Waals surface area contributed by atoms with Gasteiger partial charge in [0, 0.05) is 0 Å². The van der Waals surface area contributed by atoms with Crippen molar-refractivity contribution in [2.45, 2.75) is 52.4 Å². The van der Waals surface area contributed by atoms with Gasteiger partial charge in [-0.15, -0.1) is 11.1 Å².